The van der Waals surface area contributed by atoms with E-state index in [0.717, 1.165) is 5.75 Å². The zero-order chi connectivity index (χ0) is 16.1. The number of halogens is 1. The minimum atomic E-state index is -0.441. The van der Waals surface area contributed by atoms with Gasteiger partial charge in [0.2, 0.25) is 5.91 Å². The Morgan fingerprint density at radius 3 is 2.82 bits per heavy atom. The van der Waals surface area contributed by atoms with Crippen molar-refractivity contribution in [3.05, 3.63) is 29.6 Å². The van der Waals surface area contributed by atoms with Crippen LogP contribution in [0.25, 0.3) is 0 Å². The fourth-order valence-corrected chi connectivity index (χ4v) is 3.08. The van der Waals surface area contributed by atoms with Gasteiger partial charge in [0.25, 0.3) is 0 Å². The summed E-state index contributed by atoms with van der Waals surface area (Å²) in [5, 5.41) is 12.5. The Hall–Kier alpha value is -1.27. The molecule has 0 bridgehead atoms. The molecule has 2 rings (SSSR count). The summed E-state index contributed by atoms with van der Waals surface area (Å²) in [4.78, 5) is 12.0. The SMILES string of the molecule is COc1ccc(C(NC(=O)CCSC)C2CC(O)C2)cc1F. The van der Waals surface area contributed by atoms with Crippen molar-refractivity contribution in [3.8, 4) is 5.75 Å². The summed E-state index contributed by atoms with van der Waals surface area (Å²) >= 11 is 1.61. The van der Waals surface area contributed by atoms with Crippen LogP contribution >= 0.6 is 11.8 Å². The van der Waals surface area contributed by atoms with E-state index >= 15 is 0 Å². The monoisotopic (exact) mass is 327 g/mol. The summed E-state index contributed by atoms with van der Waals surface area (Å²) in [7, 11) is 1.42. The highest BCUT2D eigenvalue weighted by atomic mass is 32.2. The first kappa shape index (κ1) is 17.1. The van der Waals surface area contributed by atoms with Crippen molar-refractivity contribution in [2.75, 3.05) is 19.1 Å². The second-order valence-electron chi connectivity index (χ2n) is 5.57. The van der Waals surface area contributed by atoms with Crippen molar-refractivity contribution in [1.82, 2.24) is 5.32 Å². The van der Waals surface area contributed by atoms with E-state index in [1.165, 1.54) is 13.2 Å². The minimum Gasteiger partial charge on any atom is -0.494 e. The highest BCUT2D eigenvalue weighted by molar-refractivity contribution is 7.98. The predicted octanol–water partition coefficient (Wildman–Crippen LogP) is 2.52. The molecule has 0 spiro atoms. The molecule has 0 aromatic heterocycles. The zero-order valence-corrected chi connectivity index (χ0v) is 13.7. The van der Waals surface area contributed by atoms with Crippen LogP contribution in [0.5, 0.6) is 5.75 Å². The lowest BCUT2D eigenvalue weighted by molar-refractivity contribution is -0.122. The number of nitrogens with one attached hydrogen (secondary N) is 1. The van der Waals surface area contributed by atoms with Crippen molar-refractivity contribution < 1.29 is 19.0 Å². The molecule has 0 saturated heterocycles. The number of aliphatic hydroxyl groups is 1. The lowest BCUT2D eigenvalue weighted by atomic mass is 9.75. The molecule has 1 aromatic rings. The number of rotatable bonds is 7. The lowest BCUT2D eigenvalue weighted by Crippen LogP contribution is -2.41. The molecule has 0 aliphatic heterocycles. The molecule has 0 heterocycles. The summed E-state index contributed by atoms with van der Waals surface area (Å²) in [6.45, 7) is 0. The number of methoxy groups -OCH3 is 1. The van der Waals surface area contributed by atoms with Crippen LogP contribution in [0.1, 0.15) is 30.9 Å². The average molecular weight is 327 g/mol. The predicted molar refractivity (Wildman–Crippen MR) is 85.6 cm³/mol. The smallest absolute Gasteiger partial charge is 0.221 e. The average Bonchev–Trinajstić information content (AvgIpc) is 2.47. The lowest BCUT2D eigenvalue weighted by Gasteiger charge is -2.38. The third kappa shape index (κ3) is 4.14. The third-order valence-electron chi connectivity index (χ3n) is 4.01. The first-order chi connectivity index (χ1) is 10.5. The fourth-order valence-electron chi connectivity index (χ4n) is 2.69. The molecule has 1 atom stereocenters. The molecule has 22 heavy (non-hydrogen) atoms. The molecule has 1 aliphatic rings. The highest BCUT2D eigenvalue weighted by Gasteiger charge is 2.35. The Morgan fingerprint density at radius 1 is 1.55 bits per heavy atom. The third-order valence-corrected chi connectivity index (χ3v) is 4.62. The first-order valence-electron chi connectivity index (χ1n) is 7.35. The Bertz CT molecular complexity index is 520. The number of aliphatic hydroxyl groups excluding tert-OH is 1. The van der Waals surface area contributed by atoms with Crippen LogP contribution in [0.3, 0.4) is 0 Å². The van der Waals surface area contributed by atoms with E-state index in [1.54, 1.807) is 23.9 Å². The molecule has 1 aromatic carbocycles. The molecule has 0 radical (unpaired) electrons. The van der Waals surface area contributed by atoms with E-state index in [9.17, 15) is 14.3 Å². The van der Waals surface area contributed by atoms with Crippen LogP contribution < -0.4 is 10.1 Å². The van der Waals surface area contributed by atoms with Gasteiger partial charge in [0.15, 0.2) is 11.6 Å². The van der Waals surface area contributed by atoms with E-state index < -0.39 is 5.82 Å². The number of ether oxygens (including phenoxy) is 1. The molecule has 1 saturated carbocycles. The number of hydrogen-bond acceptors (Lipinski definition) is 4. The Morgan fingerprint density at radius 2 is 2.27 bits per heavy atom. The Kier molecular flexibility index (Phi) is 6.08. The molecular weight excluding hydrogens is 305 g/mol. The van der Waals surface area contributed by atoms with Crippen molar-refractivity contribution in [3.63, 3.8) is 0 Å². The highest BCUT2D eigenvalue weighted by Crippen LogP contribution is 2.39. The van der Waals surface area contributed by atoms with Gasteiger partial charge in [0.1, 0.15) is 0 Å². The van der Waals surface area contributed by atoms with E-state index in [4.69, 9.17) is 4.74 Å². The van der Waals surface area contributed by atoms with Crippen molar-refractivity contribution in [2.24, 2.45) is 5.92 Å². The second-order valence-corrected chi connectivity index (χ2v) is 6.55. The van der Waals surface area contributed by atoms with E-state index in [-0.39, 0.29) is 29.7 Å². The standard InChI is InChI=1S/C16H22FNO3S/c1-21-14-4-3-10(9-13(14)17)16(11-7-12(19)8-11)18-15(20)5-6-22-2/h3-4,9,11-12,16,19H,5-8H2,1-2H3,(H,18,20). The van der Waals surface area contributed by atoms with E-state index in [1.807, 2.05) is 6.26 Å². The van der Waals surface area contributed by atoms with Gasteiger partial charge in [-0.3, -0.25) is 4.79 Å². The number of thioether (sulfide) groups is 1. The number of carbonyl (C=O) groups excluding carboxylic acids is 1. The largest absolute Gasteiger partial charge is 0.494 e. The number of benzene rings is 1. The van der Waals surface area contributed by atoms with E-state index in [2.05, 4.69) is 5.32 Å². The quantitative estimate of drug-likeness (QED) is 0.808. The Balaban J connectivity index is 2.13. The normalized spacial score (nSPS) is 21.8. The van der Waals surface area contributed by atoms with Gasteiger partial charge in [-0.25, -0.2) is 4.39 Å². The number of hydrogen-bond donors (Lipinski definition) is 2. The van der Waals surface area contributed by atoms with Crippen LogP contribution in [-0.2, 0) is 4.79 Å². The molecule has 1 unspecified atom stereocenters. The maximum Gasteiger partial charge on any atom is 0.221 e. The first-order valence-corrected chi connectivity index (χ1v) is 8.74. The molecule has 6 heteroatoms. The second kappa shape index (κ2) is 7.83. The van der Waals surface area contributed by atoms with Crippen LogP contribution in [0, 0.1) is 11.7 Å². The van der Waals surface area contributed by atoms with Crippen molar-refractivity contribution in [2.45, 2.75) is 31.4 Å². The summed E-state index contributed by atoms with van der Waals surface area (Å²) in [6.07, 6.45) is 3.32. The van der Waals surface area contributed by atoms with E-state index in [0.29, 0.717) is 24.8 Å². The molecular formula is C16H22FNO3S. The summed E-state index contributed by atoms with van der Waals surface area (Å²) in [6, 6.07) is 4.48. The summed E-state index contributed by atoms with van der Waals surface area (Å²) in [5.74, 6) is 0.592. The number of amides is 1. The molecule has 1 fully saturated rings. The van der Waals surface area contributed by atoms with Gasteiger partial charge < -0.3 is 15.2 Å². The van der Waals surface area contributed by atoms with Crippen LogP contribution in [0.2, 0.25) is 0 Å². The summed E-state index contributed by atoms with van der Waals surface area (Å²) < 4.78 is 18.8. The fraction of sp³-hybridized carbons (Fsp3) is 0.562. The van der Waals surface area contributed by atoms with Gasteiger partial charge in [-0.15, -0.1) is 0 Å². The van der Waals surface area contributed by atoms with Crippen LogP contribution in [0.15, 0.2) is 18.2 Å². The Labute approximate surface area is 134 Å². The summed E-state index contributed by atoms with van der Waals surface area (Å²) in [5.41, 5.74) is 0.715. The van der Waals surface area contributed by atoms with Crippen molar-refractivity contribution >= 4 is 17.7 Å². The maximum absolute atomic E-state index is 13.9. The molecule has 122 valence electrons. The molecule has 1 aliphatic carbocycles. The van der Waals surface area contributed by atoms with Crippen LogP contribution in [0.4, 0.5) is 4.39 Å². The maximum atomic E-state index is 13.9. The van der Waals surface area contributed by atoms with Gasteiger partial charge in [0, 0.05) is 12.2 Å². The van der Waals surface area contributed by atoms with Gasteiger partial charge in [-0.1, -0.05) is 6.07 Å². The molecule has 2 N–H and O–H groups in total. The van der Waals surface area contributed by atoms with Gasteiger partial charge in [0.05, 0.1) is 19.3 Å². The molecule has 4 nitrogen and oxygen atoms in total. The van der Waals surface area contributed by atoms with Gasteiger partial charge in [-0.2, -0.15) is 11.8 Å². The molecule has 1 amide bonds. The zero-order valence-electron chi connectivity index (χ0n) is 12.8. The van der Waals surface area contributed by atoms with Gasteiger partial charge in [-0.05, 0) is 42.7 Å². The minimum absolute atomic E-state index is 0.0445. The van der Waals surface area contributed by atoms with Crippen molar-refractivity contribution in [1.29, 1.82) is 0 Å². The topological polar surface area (TPSA) is 58.6 Å². The van der Waals surface area contributed by atoms with Crippen LogP contribution in [-0.4, -0.2) is 36.2 Å². The number of carbonyl (C=O) groups is 1. The van der Waals surface area contributed by atoms with Gasteiger partial charge >= 0.3 is 0 Å².